The van der Waals surface area contributed by atoms with Crippen LogP contribution in [0, 0.1) is 0 Å². The number of hydrogen-bond donors (Lipinski definition) is 1. The largest absolute Gasteiger partial charge is 0.493 e. The van der Waals surface area contributed by atoms with Crippen molar-refractivity contribution in [1.29, 1.82) is 0 Å². The number of hydrogen-bond acceptors (Lipinski definition) is 7. The normalized spacial score (nSPS) is 18.4. The molecule has 0 radical (unpaired) electrons. The SMILES string of the molecule is COc1ccc([C@H]2Oc3ccccc3C3=C2[C@@H](c2cccnc2)n2ncnc2N3)cc1OC. The molecule has 4 aromatic rings. The highest BCUT2D eigenvalue weighted by molar-refractivity contribution is 5.85. The van der Waals surface area contributed by atoms with E-state index in [0.29, 0.717) is 17.4 Å². The molecule has 0 bridgehead atoms. The molecule has 2 atom stereocenters. The summed E-state index contributed by atoms with van der Waals surface area (Å²) in [5.74, 6) is 2.77. The third-order valence-corrected chi connectivity index (χ3v) is 6.03. The van der Waals surface area contributed by atoms with Gasteiger partial charge in [-0.2, -0.15) is 10.1 Å². The predicted octanol–water partition coefficient (Wildman–Crippen LogP) is 4.25. The number of ether oxygens (including phenoxy) is 3. The van der Waals surface area contributed by atoms with Gasteiger partial charge in [0.15, 0.2) is 11.5 Å². The van der Waals surface area contributed by atoms with Gasteiger partial charge in [-0.05, 0) is 35.9 Å². The molecule has 0 fully saturated rings. The second kappa shape index (κ2) is 7.67. The number of para-hydroxylation sites is 1. The Bertz CT molecular complexity index is 1370. The second-order valence-corrected chi connectivity index (χ2v) is 7.78. The Balaban J connectivity index is 1.60. The fourth-order valence-electron chi connectivity index (χ4n) is 4.57. The standard InChI is InChI=1S/C25H21N5O3/c1-31-19-10-9-15(12-20(19)32-2)24-21-22(17-7-3-4-8-18(17)33-24)29-25-27-14-28-30(25)23(21)16-6-5-11-26-13-16/h3-14,23-24H,1-2H3,(H,27,28,29)/t23-,24-/m1/s1. The number of methoxy groups -OCH3 is 2. The zero-order valence-electron chi connectivity index (χ0n) is 18.1. The number of anilines is 1. The van der Waals surface area contributed by atoms with E-state index in [-0.39, 0.29) is 6.04 Å². The van der Waals surface area contributed by atoms with E-state index in [9.17, 15) is 0 Å². The smallest absolute Gasteiger partial charge is 0.226 e. The number of rotatable bonds is 4. The molecule has 2 aliphatic heterocycles. The van der Waals surface area contributed by atoms with E-state index in [2.05, 4.69) is 26.4 Å². The van der Waals surface area contributed by atoms with Crippen molar-refractivity contribution in [3.63, 3.8) is 0 Å². The third-order valence-electron chi connectivity index (χ3n) is 6.03. The Kier molecular flexibility index (Phi) is 4.50. The van der Waals surface area contributed by atoms with Gasteiger partial charge in [0, 0.05) is 29.1 Å². The van der Waals surface area contributed by atoms with Crippen LogP contribution in [0.5, 0.6) is 17.2 Å². The highest BCUT2D eigenvalue weighted by atomic mass is 16.5. The molecule has 8 heteroatoms. The lowest BCUT2D eigenvalue weighted by atomic mass is 9.85. The molecule has 2 aliphatic rings. The number of pyridine rings is 1. The van der Waals surface area contributed by atoms with Crippen LogP contribution in [0.3, 0.4) is 0 Å². The zero-order chi connectivity index (χ0) is 22.4. The first kappa shape index (κ1) is 19.4. The lowest BCUT2D eigenvalue weighted by molar-refractivity contribution is 0.222. The first-order valence-corrected chi connectivity index (χ1v) is 10.6. The molecule has 6 rings (SSSR count). The van der Waals surface area contributed by atoms with Gasteiger partial charge in [-0.3, -0.25) is 4.98 Å². The molecule has 0 unspecified atom stereocenters. The molecule has 0 saturated heterocycles. The number of fused-ring (bicyclic) bond motifs is 3. The molecule has 33 heavy (non-hydrogen) atoms. The van der Waals surface area contributed by atoms with Gasteiger partial charge >= 0.3 is 0 Å². The van der Waals surface area contributed by atoms with Crippen LogP contribution in [0.1, 0.15) is 28.8 Å². The Morgan fingerprint density at radius 3 is 2.67 bits per heavy atom. The minimum Gasteiger partial charge on any atom is -0.493 e. The van der Waals surface area contributed by atoms with Crippen molar-refractivity contribution in [2.75, 3.05) is 19.5 Å². The second-order valence-electron chi connectivity index (χ2n) is 7.78. The molecule has 0 aliphatic carbocycles. The number of aromatic nitrogens is 4. The third kappa shape index (κ3) is 3.02. The van der Waals surface area contributed by atoms with Gasteiger partial charge in [0.05, 0.1) is 19.9 Å². The summed E-state index contributed by atoms with van der Waals surface area (Å²) >= 11 is 0. The van der Waals surface area contributed by atoms with Crippen LogP contribution < -0.4 is 19.5 Å². The summed E-state index contributed by atoms with van der Waals surface area (Å²) in [5, 5.41) is 8.03. The lowest BCUT2D eigenvalue weighted by Gasteiger charge is -2.38. The molecule has 2 aromatic heterocycles. The monoisotopic (exact) mass is 439 g/mol. The van der Waals surface area contributed by atoms with Crippen LogP contribution in [-0.4, -0.2) is 34.0 Å². The Hall–Kier alpha value is -4.33. The molecule has 0 spiro atoms. The average molecular weight is 439 g/mol. The summed E-state index contributed by atoms with van der Waals surface area (Å²) in [7, 11) is 3.26. The Labute approximate surface area is 190 Å². The molecular formula is C25H21N5O3. The molecule has 2 aromatic carbocycles. The van der Waals surface area contributed by atoms with E-state index in [1.54, 1.807) is 26.7 Å². The van der Waals surface area contributed by atoms with Crippen LogP contribution in [0.4, 0.5) is 5.95 Å². The van der Waals surface area contributed by atoms with Crippen molar-refractivity contribution < 1.29 is 14.2 Å². The fourth-order valence-corrected chi connectivity index (χ4v) is 4.57. The van der Waals surface area contributed by atoms with Crippen LogP contribution in [0.15, 0.2) is 78.9 Å². The highest BCUT2D eigenvalue weighted by Crippen LogP contribution is 2.51. The van der Waals surface area contributed by atoms with Gasteiger partial charge in [0.1, 0.15) is 24.2 Å². The summed E-state index contributed by atoms with van der Waals surface area (Å²) in [5.41, 5.74) is 4.89. The summed E-state index contributed by atoms with van der Waals surface area (Å²) in [6.45, 7) is 0. The van der Waals surface area contributed by atoms with Crippen molar-refractivity contribution in [3.05, 3.63) is 95.6 Å². The predicted molar refractivity (Wildman–Crippen MR) is 122 cm³/mol. The van der Waals surface area contributed by atoms with Crippen molar-refractivity contribution >= 4 is 11.6 Å². The summed E-state index contributed by atoms with van der Waals surface area (Å²) in [6.07, 6.45) is 4.78. The summed E-state index contributed by atoms with van der Waals surface area (Å²) in [4.78, 5) is 8.82. The quantitative estimate of drug-likeness (QED) is 0.509. The van der Waals surface area contributed by atoms with Crippen LogP contribution in [-0.2, 0) is 0 Å². The molecular weight excluding hydrogens is 418 g/mol. The average Bonchev–Trinajstić information content (AvgIpc) is 3.35. The molecule has 1 N–H and O–H groups in total. The van der Waals surface area contributed by atoms with E-state index in [1.165, 1.54) is 0 Å². The van der Waals surface area contributed by atoms with Gasteiger partial charge in [-0.1, -0.05) is 24.3 Å². The van der Waals surface area contributed by atoms with E-state index in [1.807, 2.05) is 59.4 Å². The lowest BCUT2D eigenvalue weighted by Crippen LogP contribution is -2.32. The van der Waals surface area contributed by atoms with Crippen molar-refractivity contribution in [3.8, 4) is 17.2 Å². The van der Waals surface area contributed by atoms with Crippen molar-refractivity contribution in [2.24, 2.45) is 0 Å². The van der Waals surface area contributed by atoms with E-state index in [0.717, 1.165) is 33.7 Å². The van der Waals surface area contributed by atoms with Crippen molar-refractivity contribution in [1.82, 2.24) is 19.7 Å². The maximum atomic E-state index is 6.63. The Morgan fingerprint density at radius 2 is 1.85 bits per heavy atom. The summed E-state index contributed by atoms with van der Waals surface area (Å²) in [6, 6.07) is 17.6. The first-order valence-electron chi connectivity index (χ1n) is 10.6. The van der Waals surface area contributed by atoms with Gasteiger partial charge in [0.2, 0.25) is 5.95 Å². The fraction of sp³-hybridized carbons (Fsp3) is 0.160. The van der Waals surface area contributed by atoms with Crippen molar-refractivity contribution in [2.45, 2.75) is 12.1 Å². The van der Waals surface area contributed by atoms with E-state index < -0.39 is 6.10 Å². The number of nitrogens with one attached hydrogen (secondary N) is 1. The number of benzene rings is 2. The van der Waals surface area contributed by atoms with Gasteiger partial charge in [-0.25, -0.2) is 4.68 Å². The van der Waals surface area contributed by atoms with E-state index in [4.69, 9.17) is 14.2 Å². The minimum atomic E-state index is -0.398. The molecule has 164 valence electrons. The topological polar surface area (TPSA) is 83.3 Å². The van der Waals surface area contributed by atoms with E-state index >= 15 is 0 Å². The van der Waals surface area contributed by atoms with Gasteiger partial charge < -0.3 is 19.5 Å². The minimum absolute atomic E-state index is 0.251. The molecule has 0 amide bonds. The molecule has 0 saturated carbocycles. The van der Waals surface area contributed by atoms with Crippen LogP contribution in [0.25, 0.3) is 5.70 Å². The Morgan fingerprint density at radius 1 is 0.970 bits per heavy atom. The maximum Gasteiger partial charge on any atom is 0.226 e. The molecule has 4 heterocycles. The molecule has 8 nitrogen and oxygen atoms in total. The zero-order valence-corrected chi connectivity index (χ0v) is 18.1. The summed E-state index contributed by atoms with van der Waals surface area (Å²) < 4.78 is 19.5. The maximum absolute atomic E-state index is 6.63. The van der Waals surface area contributed by atoms with Crippen LogP contribution >= 0.6 is 0 Å². The first-order chi connectivity index (χ1) is 16.3. The highest BCUT2D eigenvalue weighted by Gasteiger charge is 2.41. The van der Waals surface area contributed by atoms with Crippen LogP contribution in [0.2, 0.25) is 0 Å². The number of nitrogens with zero attached hydrogens (tertiary/aromatic N) is 4. The van der Waals surface area contributed by atoms with Gasteiger partial charge in [-0.15, -0.1) is 0 Å². The van der Waals surface area contributed by atoms with Gasteiger partial charge in [0.25, 0.3) is 0 Å².